The third-order valence-corrected chi connectivity index (χ3v) is 3.98. The van der Waals surface area contributed by atoms with Crippen LogP contribution in [-0.4, -0.2) is 80.5 Å². The number of rotatable bonds is 6. The van der Waals surface area contributed by atoms with E-state index in [0.717, 1.165) is 39.0 Å². The van der Waals surface area contributed by atoms with Gasteiger partial charge in [-0.15, -0.1) is 0 Å². The Kier molecular flexibility index (Phi) is 6.75. The smallest absolute Gasteiger partial charge is 0.226 e. The first-order valence-corrected chi connectivity index (χ1v) is 7.29. The topological polar surface area (TPSA) is 52.8 Å². The van der Waals surface area contributed by atoms with Crippen LogP contribution in [0.15, 0.2) is 0 Å². The van der Waals surface area contributed by atoms with Crippen molar-refractivity contribution in [3.05, 3.63) is 0 Å². The van der Waals surface area contributed by atoms with Crippen molar-refractivity contribution in [3.8, 4) is 0 Å². The zero-order chi connectivity index (χ0) is 14.4. The molecule has 5 nitrogen and oxygen atoms in total. The standard InChI is InChI=1S/C14H30N4O/c1-12(11-15)14(19)18(10-9-16(2)3)13-5-7-17(4)8-6-13/h12-13H,5-11,15H2,1-4H3. The van der Waals surface area contributed by atoms with Crippen LogP contribution in [0.5, 0.6) is 0 Å². The van der Waals surface area contributed by atoms with E-state index in [1.165, 1.54) is 0 Å². The van der Waals surface area contributed by atoms with Crippen molar-refractivity contribution in [2.24, 2.45) is 11.7 Å². The minimum atomic E-state index is -0.0678. The molecule has 1 rings (SSSR count). The Morgan fingerprint density at radius 3 is 2.37 bits per heavy atom. The maximum Gasteiger partial charge on any atom is 0.226 e. The van der Waals surface area contributed by atoms with Crippen molar-refractivity contribution in [3.63, 3.8) is 0 Å². The van der Waals surface area contributed by atoms with Gasteiger partial charge in [0.05, 0.1) is 0 Å². The van der Waals surface area contributed by atoms with Gasteiger partial charge in [0.2, 0.25) is 5.91 Å². The predicted molar refractivity (Wildman–Crippen MR) is 79.0 cm³/mol. The summed E-state index contributed by atoms with van der Waals surface area (Å²) >= 11 is 0. The van der Waals surface area contributed by atoms with Gasteiger partial charge in [-0.3, -0.25) is 4.79 Å². The summed E-state index contributed by atoms with van der Waals surface area (Å²) < 4.78 is 0. The minimum Gasteiger partial charge on any atom is -0.338 e. The Balaban J connectivity index is 2.65. The van der Waals surface area contributed by atoms with Crippen LogP contribution in [0.1, 0.15) is 19.8 Å². The Hall–Kier alpha value is -0.650. The normalized spacial score (nSPS) is 19.7. The number of likely N-dealkylation sites (tertiary alicyclic amines) is 1. The zero-order valence-corrected chi connectivity index (χ0v) is 12.9. The number of carbonyl (C=O) groups is 1. The highest BCUT2D eigenvalue weighted by Gasteiger charge is 2.28. The van der Waals surface area contributed by atoms with E-state index < -0.39 is 0 Å². The van der Waals surface area contributed by atoms with E-state index in [4.69, 9.17) is 5.73 Å². The van der Waals surface area contributed by atoms with Crippen molar-refractivity contribution in [1.29, 1.82) is 0 Å². The number of amides is 1. The number of carbonyl (C=O) groups excluding carboxylic acids is 1. The molecule has 1 saturated heterocycles. The van der Waals surface area contributed by atoms with Crippen LogP contribution in [0.2, 0.25) is 0 Å². The van der Waals surface area contributed by atoms with Crippen molar-refractivity contribution >= 4 is 5.91 Å². The molecule has 0 aromatic heterocycles. The molecule has 1 fully saturated rings. The van der Waals surface area contributed by atoms with Gasteiger partial charge in [-0.05, 0) is 47.1 Å². The van der Waals surface area contributed by atoms with Crippen molar-refractivity contribution < 1.29 is 4.79 Å². The second-order valence-electron chi connectivity index (χ2n) is 6.01. The second kappa shape index (κ2) is 7.82. The van der Waals surface area contributed by atoms with Gasteiger partial charge < -0.3 is 20.4 Å². The van der Waals surface area contributed by atoms with Crippen LogP contribution in [-0.2, 0) is 4.79 Å². The third kappa shape index (κ3) is 5.09. The van der Waals surface area contributed by atoms with Gasteiger partial charge in [0.25, 0.3) is 0 Å². The van der Waals surface area contributed by atoms with E-state index in [-0.39, 0.29) is 11.8 Å². The van der Waals surface area contributed by atoms with Gasteiger partial charge in [0.15, 0.2) is 0 Å². The van der Waals surface area contributed by atoms with Crippen molar-refractivity contribution in [1.82, 2.24) is 14.7 Å². The molecule has 0 spiro atoms. The quantitative estimate of drug-likeness (QED) is 0.742. The number of piperidine rings is 1. The first-order valence-electron chi connectivity index (χ1n) is 7.29. The second-order valence-corrected chi connectivity index (χ2v) is 6.01. The summed E-state index contributed by atoms with van der Waals surface area (Å²) in [6, 6.07) is 0.387. The molecule has 1 atom stereocenters. The highest BCUT2D eigenvalue weighted by Crippen LogP contribution is 2.17. The van der Waals surface area contributed by atoms with Crippen molar-refractivity contribution in [2.45, 2.75) is 25.8 Å². The summed E-state index contributed by atoms with van der Waals surface area (Å²) in [5.74, 6) is 0.153. The highest BCUT2D eigenvalue weighted by atomic mass is 16.2. The molecule has 1 heterocycles. The summed E-state index contributed by atoms with van der Waals surface area (Å²) in [5.41, 5.74) is 5.65. The molecule has 2 N–H and O–H groups in total. The molecule has 0 saturated carbocycles. The molecular weight excluding hydrogens is 240 g/mol. The molecule has 1 unspecified atom stereocenters. The molecule has 1 aliphatic rings. The van der Waals surface area contributed by atoms with Crippen LogP contribution in [0.25, 0.3) is 0 Å². The van der Waals surface area contributed by atoms with Crippen LogP contribution < -0.4 is 5.73 Å². The molecular formula is C14H30N4O. The lowest BCUT2D eigenvalue weighted by molar-refractivity contribution is -0.138. The molecule has 19 heavy (non-hydrogen) atoms. The van der Waals surface area contributed by atoms with Gasteiger partial charge in [0.1, 0.15) is 0 Å². The summed E-state index contributed by atoms with van der Waals surface area (Å²) in [4.78, 5) is 19.0. The number of likely N-dealkylation sites (N-methyl/N-ethyl adjacent to an activating group) is 1. The SMILES string of the molecule is CC(CN)C(=O)N(CCN(C)C)C1CCN(C)CC1. The fourth-order valence-corrected chi connectivity index (χ4v) is 2.47. The maximum absolute atomic E-state index is 12.5. The minimum absolute atomic E-state index is 0.0678. The summed E-state index contributed by atoms with van der Waals surface area (Å²) in [5, 5.41) is 0. The third-order valence-electron chi connectivity index (χ3n) is 3.98. The molecule has 5 heteroatoms. The molecule has 0 radical (unpaired) electrons. The van der Waals surface area contributed by atoms with Crippen LogP contribution in [0.4, 0.5) is 0 Å². The van der Waals surface area contributed by atoms with Crippen LogP contribution in [0, 0.1) is 5.92 Å². The number of hydrogen-bond donors (Lipinski definition) is 1. The fraction of sp³-hybridized carbons (Fsp3) is 0.929. The van der Waals surface area contributed by atoms with E-state index in [1.54, 1.807) is 0 Å². The molecule has 0 aromatic rings. The Labute approximate surface area is 117 Å². The van der Waals surface area contributed by atoms with Gasteiger partial charge in [-0.25, -0.2) is 0 Å². The highest BCUT2D eigenvalue weighted by molar-refractivity contribution is 5.79. The van der Waals surface area contributed by atoms with Crippen LogP contribution >= 0.6 is 0 Å². The first kappa shape index (κ1) is 16.4. The first-order chi connectivity index (χ1) is 8.95. The molecule has 0 aromatic carbocycles. The number of hydrogen-bond acceptors (Lipinski definition) is 4. The predicted octanol–water partition coefficient (Wildman–Crippen LogP) is 0.0656. The molecule has 0 aliphatic carbocycles. The van der Waals surface area contributed by atoms with Gasteiger partial charge in [-0.1, -0.05) is 6.92 Å². The monoisotopic (exact) mass is 270 g/mol. The summed E-state index contributed by atoms with van der Waals surface area (Å²) in [7, 11) is 6.23. The Bertz CT molecular complexity index is 275. The maximum atomic E-state index is 12.5. The number of nitrogens with two attached hydrogens (primary N) is 1. The van der Waals surface area contributed by atoms with E-state index in [0.29, 0.717) is 12.6 Å². The summed E-state index contributed by atoms with van der Waals surface area (Å²) in [6.45, 7) is 6.24. The van der Waals surface area contributed by atoms with Crippen molar-refractivity contribution in [2.75, 3.05) is 53.9 Å². The average Bonchev–Trinajstić information content (AvgIpc) is 2.39. The molecule has 112 valence electrons. The average molecular weight is 270 g/mol. The van der Waals surface area contributed by atoms with Gasteiger partial charge in [-0.2, -0.15) is 0 Å². The van der Waals surface area contributed by atoms with Crippen LogP contribution in [0.3, 0.4) is 0 Å². The lowest BCUT2D eigenvalue weighted by atomic mass is 10.0. The lowest BCUT2D eigenvalue weighted by Crippen LogP contribution is -2.50. The lowest BCUT2D eigenvalue weighted by Gasteiger charge is -2.39. The number of nitrogens with zero attached hydrogens (tertiary/aromatic N) is 3. The fourth-order valence-electron chi connectivity index (χ4n) is 2.47. The molecule has 1 amide bonds. The van der Waals surface area contributed by atoms with E-state index in [1.807, 2.05) is 21.0 Å². The Morgan fingerprint density at radius 1 is 1.32 bits per heavy atom. The van der Waals surface area contributed by atoms with E-state index >= 15 is 0 Å². The molecule has 0 bridgehead atoms. The zero-order valence-electron chi connectivity index (χ0n) is 12.9. The Morgan fingerprint density at radius 2 is 1.89 bits per heavy atom. The summed E-state index contributed by atoms with van der Waals surface area (Å²) in [6.07, 6.45) is 2.15. The largest absolute Gasteiger partial charge is 0.338 e. The van der Waals surface area contributed by atoms with Gasteiger partial charge >= 0.3 is 0 Å². The van der Waals surface area contributed by atoms with E-state index in [2.05, 4.69) is 21.7 Å². The molecule has 1 aliphatic heterocycles. The van der Waals surface area contributed by atoms with Gasteiger partial charge in [0, 0.05) is 31.6 Å². The van der Waals surface area contributed by atoms with E-state index in [9.17, 15) is 4.79 Å².